The maximum atomic E-state index is 4.37. The molecule has 0 fully saturated rings. The number of nitrogens with one attached hydrogen (secondary N) is 1. The molecule has 1 heterocycles. The Kier molecular flexibility index (Phi) is 5.48. The van der Waals surface area contributed by atoms with Crippen LogP contribution in [0, 0.1) is 0 Å². The van der Waals surface area contributed by atoms with Gasteiger partial charge in [0.15, 0.2) is 0 Å². The van der Waals surface area contributed by atoms with Crippen LogP contribution in [-0.4, -0.2) is 15.3 Å². The van der Waals surface area contributed by atoms with E-state index in [0.717, 1.165) is 31.5 Å². The van der Waals surface area contributed by atoms with Gasteiger partial charge in [-0.05, 0) is 36.9 Å². The van der Waals surface area contributed by atoms with Crippen LogP contribution in [0.15, 0.2) is 30.5 Å². The molecule has 102 valence electrons. The molecule has 2 rings (SSSR count). The quantitative estimate of drug-likeness (QED) is 0.841. The van der Waals surface area contributed by atoms with Gasteiger partial charge in [-0.25, -0.2) is 0 Å². The lowest BCUT2D eigenvalue weighted by Gasteiger charge is -2.16. The van der Waals surface area contributed by atoms with Crippen molar-refractivity contribution in [3.63, 3.8) is 0 Å². The molecule has 4 heteroatoms. The van der Waals surface area contributed by atoms with Gasteiger partial charge >= 0.3 is 0 Å². The molecule has 1 aromatic carbocycles. The molecule has 0 aliphatic heterocycles. The third-order valence-corrected chi connectivity index (χ3v) is 3.74. The van der Waals surface area contributed by atoms with Crippen LogP contribution in [0.5, 0.6) is 0 Å². The molecule has 0 saturated heterocycles. The van der Waals surface area contributed by atoms with Crippen LogP contribution >= 0.6 is 11.7 Å². The van der Waals surface area contributed by atoms with Crippen molar-refractivity contribution in [3.05, 3.63) is 47.3 Å². The van der Waals surface area contributed by atoms with Gasteiger partial charge in [-0.15, -0.1) is 0 Å². The fraction of sp³-hybridized carbons (Fsp3) is 0.467. The lowest BCUT2D eigenvalue weighted by atomic mass is 10.0. The molecule has 3 nitrogen and oxygen atoms in total. The fourth-order valence-corrected chi connectivity index (χ4v) is 2.54. The zero-order chi connectivity index (χ0) is 13.5. The Morgan fingerprint density at radius 3 is 2.47 bits per heavy atom. The molecule has 1 atom stereocenters. The predicted octanol–water partition coefficient (Wildman–Crippen LogP) is 3.38. The van der Waals surface area contributed by atoms with Crippen LogP contribution in [-0.2, 0) is 12.8 Å². The predicted molar refractivity (Wildman–Crippen MR) is 80.5 cm³/mol. The number of hydrogen-bond acceptors (Lipinski definition) is 4. The molecular weight excluding hydrogens is 254 g/mol. The molecule has 0 spiro atoms. The number of rotatable bonds is 7. The highest BCUT2D eigenvalue weighted by molar-refractivity contribution is 6.99. The summed E-state index contributed by atoms with van der Waals surface area (Å²) < 4.78 is 8.48. The lowest BCUT2D eigenvalue weighted by Crippen LogP contribution is -2.24. The summed E-state index contributed by atoms with van der Waals surface area (Å²) in [6, 6.07) is 9.14. The maximum Gasteiger partial charge on any atom is 0.0915 e. The van der Waals surface area contributed by atoms with Crippen LogP contribution in [0.25, 0.3) is 0 Å². The Balaban J connectivity index is 2.06. The molecule has 2 aromatic rings. The summed E-state index contributed by atoms with van der Waals surface area (Å²) >= 11 is 1.28. The minimum atomic E-state index is 0.270. The number of nitrogens with zero attached hydrogens (tertiary/aromatic N) is 2. The zero-order valence-electron chi connectivity index (χ0n) is 11.6. The summed E-state index contributed by atoms with van der Waals surface area (Å²) in [4.78, 5) is 0. The fourth-order valence-electron chi connectivity index (χ4n) is 2.07. The summed E-state index contributed by atoms with van der Waals surface area (Å²) in [7, 11) is 0. The van der Waals surface area contributed by atoms with Crippen LogP contribution in [0.3, 0.4) is 0 Å². The van der Waals surface area contributed by atoms with Crippen molar-refractivity contribution < 1.29 is 0 Å². The van der Waals surface area contributed by atoms with Crippen LogP contribution in [0.1, 0.15) is 43.1 Å². The highest BCUT2D eigenvalue weighted by Gasteiger charge is 2.14. The van der Waals surface area contributed by atoms with E-state index in [1.807, 2.05) is 6.20 Å². The number of aryl methyl sites for hydroxylation is 1. The summed E-state index contributed by atoms with van der Waals surface area (Å²) in [6.45, 7) is 5.37. The van der Waals surface area contributed by atoms with Crippen LogP contribution < -0.4 is 5.32 Å². The standard InChI is InChI=1S/C15H21N3S/c1-3-9-16-14(15-11-17-19-18-15)10-13-7-5-12(4-2)6-8-13/h5-8,11,14,16H,3-4,9-10H2,1-2H3. The molecule has 0 aliphatic rings. The Bertz CT molecular complexity index is 465. The van der Waals surface area contributed by atoms with Crippen molar-refractivity contribution in [3.8, 4) is 0 Å². The minimum absolute atomic E-state index is 0.270. The second-order valence-corrected chi connectivity index (χ2v) is 5.27. The Morgan fingerprint density at radius 2 is 1.89 bits per heavy atom. The first-order valence-corrected chi connectivity index (χ1v) is 7.65. The third-order valence-electron chi connectivity index (χ3n) is 3.25. The van der Waals surface area contributed by atoms with Crippen molar-refractivity contribution in [1.82, 2.24) is 14.1 Å². The van der Waals surface area contributed by atoms with Crippen molar-refractivity contribution in [2.75, 3.05) is 6.54 Å². The molecule has 1 aromatic heterocycles. The monoisotopic (exact) mass is 275 g/mol. The van der Waals surface area contributed by atoms with Crippen molar-refractivity contribution in [2.24, 2.45) is 0 Å². The van der Waals surface area contributed by atoms with E-state index < -0.39 is 0 Å². The van der Waals surface area contributed by atoms with Gasteiger partial charge in [0.25, 0.3) is 0 Å². The highest BCUT2D eigenvalue weighted by Crippen LogP contribution is 2.17. The van der Waals surface area contributed by atoms with Gasteiger partial charge in [0.05, 0.1) is 29.7 Å². The molecule has 0 radical (unpaired) electrons. The summed E-state index contributed by atoms with van der Waals surface area (Å²) in [5, 5.41) is 3.55. The van der Waals surface area contributed by atoms with E-state index in [0.29, 0.717) is 0 Å². The van der Waals surface area contributed by atoms with E-state index >= 15 is 0 Å². The number of benzene rings is 1. The molecule has 0 saturated carbocycles. The Morgan fingerprint density at radius 1 is 1.16 bits per heavy atom. The second kappa shape index (κ2) is 7.36. The second-order valence-electron chi connectivity index (χ2n) is 4.71. The third kappa shape index (κ3) is 4.11. The Labute approximate surface area is 119 Å². The summed E-state index contributed by atoms with van der Waals surface area (Å²) in [5.74, 6) is 0. The molecule has 1 unspecified atom stereocenters. The minimum Gasteiger partial charge on any atom is -0.308 e. The van der Waals surface area contributed by atoms with Gasteiger partial charge in [0.1, 0.15) is 0 Å². The van der Waals surface area contributed by atoms with E-state index in [1.165, 1.54) is 22.9 Å². The van der Waals surface area contributed by atoms with E-state index in [4.69, 9.17) is 0 Å². The van der Waals surface area contributed by atoms with Gasteiger partial charge in [-0.1, -0.05) is 38.1 Å². The van der Waals surface area contributed by atoms with Gasteiger partial charge in [-0.3, -0.25) is 0 Å². The SMILES string of the molecule is CCCNC(Cc1ccc(CC)cc1)c1cnsn1. The van der Waals surface area contributed by atoms with Gasteiger partial charge in [0.2, 0.25) is 0 Å². The van der Waals surface area contributed by atoms with E-state index in [2.05, 4.69) is 52.2 Å². The first kappa shape index (κ1) is 14.2. The first-order valence-electron chi connectivity index (χ1n) is 6.92. The zero-order valence-corrected chi connectivity index (χ0v) is 12.4. The largest absolute Gasteiger partial charge is 0.308 e. The van der Waals surface area contributed by atoms with Crippen molar-refractivity contribution in [1.29, 1.82) is 0 Å². The summed E-state index contributed by atoms with van der Waals surface area (Å²) in [5.41, 5.74) is 3.79. The average Bonchev–Trinajstić information content (AvgIpc) is 2.98. The topological polar surface area (TPSA) is 37.8 Å². The smallest absolute Gasteiger partial charge is 0.0915 e. The number of aromatic nitrogens is 2. The van der Waals surface area contributed by atoms with Crippen LogP contribution in [0.4, 0.5) is 0 Å². The molecular formula is C15H21N3S. The average molecular weight is 275 g/mol. The van der Waals surface area contributed by atoms with E-state index in [1.54, 1.807) is 0 Å². The van der Waals surface area contributed by atoms with Gasteiger partial charge in [-0.2, -0.15) is 8.75 Å². The molecule has 19 heavy (non-hydrogen) atoms. The van der Waals surface area contributed by atoms with Gasteiger partial charge in [0, 0.05) is 0 Å². The Hall–Kier alpha value is -1.26. The van der Waals surface area contributed by atoms with Crippen molar-refractivity contribution in [2.45, 2.75) is 39.2 Å². The maximum absolute atomic E-state index is 4.37. The molecule has 1 N–H and O–H groups in total. The van der Waals surface area contributed by atoms with Crippen molar-refractivity contribution >= 4 is 11.7 Å². The van der Waals surface area contributed by atoms with E-state index in [9.17, 15) is 0 Å². The molecule has 0 bridgehead atoms. The lowest BCUT2D eigenvalue weighted by molar-refractivity contribution is 0.521. The number of hydrogen-bond donors (Lipinski definition) is 1. The molecule has 0 amide bonds. The summed E-state index contributed by atoms with van der Waals surface area (Å²) in [6.07, 6.45) is 5.06. The first-order chi connectivity index (χ1) is 9.33. The highest BCUT2D eigenvalue weighted by atomic mass is 32.1. The van der Waals surface area contributed by atoms with Crippen LogP contribution in [0.2, 0.25) is 0 Å². The molecule has 0 aliphatic carbocycles. The normalized spacial score (nSPS) is 12.5. The van der Waals surface area contributed by atoms with Gasteiger partial charge < -0.3 is 5.32 Å². The van der Waals surface area contributed by atoms with E-state index in [-0.39, 0.29) is 6.04 Å².